The molecule has 0 spiro atoms. The highest BCUT2D eigenvalue weighted by Gasteiger charge is 2.34. The average molecular weight is 290 g/mol. The molecular formula is C15H18N2O4. The van der Waals surface area contributed by atoms with Gasteiger partial charge in [0.15, 0.2) is 5.78 Å². The maximum atomic E-state index is 12.2. The second-order valence-electron chi connectivity index (χ2n) is 4.94. The van der Waals surface area contributed by atoms with Crippen LogP contribution < -0.4 is 5.32 Å². The van der Waals surface area contributed by atoms with E-state index >= 15 is 0 Å². The fraction of sp³-hybridized carbons (Fsp3) is 0.400. The van der Waals surface area contributed by atoms with E-state index in [1.54, 1.807) is 24.3 Å². The molecule has 112 valence electrons. The highest BCUT2D eigenvalue weighted by Crippen LogP contribution is 2.20. The Balaban J connectivity index is 2.03. The molecule has 1 saturated heterocycles. The fourth-order valence-electron chi connectivity index (χ4n) is 2.39. The number of rotatable bonds is 3. The quantitative estimate of drug-likeness (QED) is 0.864. The molecule has 1 N–H and O–H groups in total. The van der Waals surface area contributed by atoms with Crippen LogP contribution in [0.1, 0.15) is 30.1 Å². The van der Waals surface area contributed by atoms with Crippen LogP contribution in [0.4, 0.5) is 10.5 Å². The van der Waals surface area contributed by atoms with E-state index in [9.17, 15) is 14.4 Å². The molecule has 1 aliphatic heterocycles. The van der Waals surface area contributed by atoms with Gasteiger partial charge in [0.2, 0.25) is 5.91 Å². The zero-order valence-corrected chi connectivity index (χ0v) is 12.1. The zero-order valence-electron chi connectivity index (χ0n) is 12.1. The van der Waals surface area contributed by atoms with Crippen molar-refractivity contribution in [1.82, 2.24) is 4.90 Å². The topological polar surface area (TPSA) is 75.7 Å². The largest absolute Gasteiger partial charge is 0.453 e. The summed E-state index contributed by atoms with van der Waals surface area (Å²) in [5, 5.41) is 2.76. The summed E-state index contributed by atoms with van der Waals surface area (Å²) in [6.07, 6.45) is 0.905. The van der Waals surface area contributed by atoms with Crippen LogP contribution in [0.3, 0.4) is 0 Å². The highest BCUT2D eigenvalue weighted by atomic mass is 16.5. The van der Waals surface area contributed by atoms with Gasteiger partial charge in [-0.05, 0) is 44.0 Å². The number of amides is 2. The van der Waals surface area contributed by atoms with Crippen LogP contribution >= 0.6 is 0 Å². The zero-order chi connectivity index (χ0) is 15.4. The van der Waals surface area contributed by atoms with Gasteiger partial charge < -0.3 is 10.1 Å². The first-order valence-electron chi connectivity index (χ1n) is 6.79. The van der Waals surface area contributed by atoms with E-state index in [2.05, 4.69) is 10.1 Å². The van der Waals surface area contributed by atoms with Crippen molar-refractivity contribution in [2.75, 3.05) is 19.0 Å². The smallest absolute Gasteiger partial charge is 0.410 e. The molecule has 0 aliphatic carbocycles. The maximum absolute atomic E-state index is 12.2. The lowest BCUT2D eigenvalue weighted by atomic mass is 10.1. The van der Waals surface area contributed by atoms with E-state index in [0.29, 0.717) is 24.2 Å². The van der Waals surface area contributed by atoms with Gasteiger partial charge in [0.05, 0.1) is 7.11 Å². The van der Waals surface area contributed by atoms with Gasteiger partial charge in [0.1, 0.15) is 6.04 Å². The number of ether oxygens (including phenoxy) is 1. The minimum absolute atomic E-state index is 0.0273. The summed E-state index contributed by atoms with van der Waals surface area (Å²) in [4.78, 5) is 36.4. The van der Waals surface area contributed by atoms with E-state index in [4.69, 9.17) is 0 Å². The Morgan fingerprint density at radius 1 is 1.24 bits per heavy atom. The van der Waals surface area contributed by atoms with Gasteiger partial charge in [-0.2, -0.15) is 0 Å². The third-order valence-corrected chi connectivity index (χ3v) is 3.52. The number of ketones is 1. The second kappa shape index (κ2) is 6.39. The lowest BCUT2D eigenvalue weighted by Gasteiger charge is -2.22. The minimum Gasteiger partial charge on any atom is -0.453 e. The van der Waals surface area contributed by atoms with Crippen LogP contribution in [0.2, 0.25) is 0 Å². The summed E-state index contributed by atoms with van der Waals surface area (Å²) < 4.78 is 4.68. The Hall–Kier alpha value is -2.37. The Kier molecular flexibility index (Phi) is 4.57. The molecule has 1 unspecified atom stereocenters. The number of methoxy groups -OCH3 is 1. The van der Waals surface area contributed by atoms with E-state index in [0.717, 1.165) is 6.42 Å². The molecule has 1 heterocycles. The number of carbonyl (C=O) groups excluding carboxylic acids is 3. The molecule has 6 nitrogen and oxygen atoms in total. The number of Topliss-reactive ketones (excluding diaryl/α,β-unsaturated/α-hetero) is 1. The third-order valence-electron chi connectivity index (χ3n) is 3.52. The molecule has 6 heteroatoms. The number of hydrogen-bond donors (Lipinski definition) is 1. The molecule has 1 atom stereocenters. The summed E-state index contributed by atoms with van der Waals surface area (Å²) in [5.74, 6) is -0.269. The molecule has 1 fully saturated rings. The number of anilines is 1. The summed E-state index contributed by atoms with van der Waals surface area (Å²) in [7, 11) is 1.30. The molecular weight excluding hydrogens is 272 g/mol. The van der Waals surface area contributed by atoms with Gasteiger partial charge in [-0.15, -0.1) is 0 Å². The molecule has 0 saturated carbocycles. The Labute approximate surface area is 123 Å². The maximum Gasteiger partial charge on any atom is 0.410 e. The Bertz CT molecular complexity index is 553. The van der Waals surface area contributed by atoms with Crippen LogP contribution in [0, 0.1) is 0 Å². The number of carbonyl (C=O) groups is 3. The lowest BCUT2D eigenvalue weighted by Crippen LogP contribution is -2.43. The standard InChI is InChI=1S/C15H18N2O4/c1-10(18)11-5-7-12(8-6-11)16-14(19)13-4-3-9-17(13)15(20)21-2/h5-8,13H,3-4,9H2,1-2H3,(H,16,19). The predicted molar refractivity (Wildman–Crippen MR) is 77.2 cm³/mol. The van der Waals surface area contributed by atoms with Crippen molar-refractivity contribution in [3.63, 3.8) is 0 Å². The van der Waals surface area contributed by atoms with Gasteiger partial charge in [-0.3, -0.25) is 14.5 Å². The van der Waals surface area contributed by atoms with Crippen LogP contribution in [-0.2, 0) is 9.53 Å². The lowest BCUT2D eigenvalue weighted by molar-refractivity contribution is -0.119. The van der Waals surface area contributed by atoms with Gasteiger partial charge in [0, 0.05) is 17.8 Å². The van der Waals surface area contributed by atoms with E-state index in [1.165, 1.54) is 18.9 Å². The summed E-state index contributed by atoms with van der Waals surface area (Å²) in [5.41, 5.74) is 1.19. The number of benzene rings is 1. The first-order valence-corrected chi connectivity index (χ1v) is 6.79. The molecule has 2 rings (SSSR count). The van der Waals surface area contributed by atoms with Gasteiger partial charge in [-0.1, -0.05) is 0 Å². The second-order valence-corrected chi connectivity index (χ2v) is 4.94. The van der Waals surface area contributed by atoms with Crippen molar-refractivity contribution in [1.29, 1.82) is 0 Å². The summed E-state index contributed by atoms with van der Waals surface area (Å²) in [6.45, 7) is 2.01. The molecule has 0 bridgehead atoms. The van der Waals surface area contributed by atoms with E-state index in [-0.39, 0.29) is 11.7 Å². The number of nitrogens with zero attached hydrogens (tertiary/aromatic N) is 1. The molecule has 0 aromatic heterocycles. The van der Waals surface area contributed by atoms with Crippen LogP contribution in [0.5, 0.6) is 0 Å². The molecule has 21 heavy (non-hydrogen) atoms. The normalized spacial score (nSPS) is 17.4. The van der Waals surface area contributed by atoms with Crippen LogP contribution in [0.15, 0.2) is 24.3 Å². The summed E-state index contributed by atoms with van der Waals surface area (Å²) in [6, 6.07) is 6.15. The van der Waals surface area contributed by atoms with Crippen LogP contribution in [-0.4, -0.2) is 42.4 Å². The Morgan fingerprint density at radius 3 is 2.48 bits per heavy atom. The molecule has 0 radical (unpaired) electrons. The number of hydrogen-bond acceptors (Lipinski definition) is 4. The van der Waals surface area contributed by atoms with Crippen molar-refractivity contribution in [3.05, 3.63) is 29.8 Å². The average Bonchev–Trinajstić information content (AvgIpc) is 2.96. The SMILES string of the molecule is COC(=O)N1CCCC1C(=O)Nc1ccc(C(C)=O)cc1. The van der Waals surface area contributed by atoms with Crippen molar-refractivity contribution in [2.24, 2.45) is 0 Å². The number of likely N-dealkylation sites (tertiary alicyclic amines) is 1. The first-order chi connectivity index (χ1) is 10.0. The fourth-order valence-corrected chi connectivity index (χ4v) is 2.39. The van der Waals surface area contributed by atoms with Crippen molar-refractivity contribution < 1.29 is 19.1 Å². The third kappa shape index (κ3) is 3.39. The Morgan fingerprint density at radius 2 is 1.90 bits per heavy atom. The van der Waals surface area contributed by atoms with Crippen molar-refractivity contribution in [3.8, 4) is 0 Å². The van der Waals surface area contributed by atoms with Crippen LogP contribution in [0.25, 0.3) is 0 Å². The molecule has 2 amide bonds. The molecule has 1 aliphatic rings. The highest BCUT2D eigenvalue weighted by molar-refractivity contribution is 5.98. The molecule has 1 aromatic rings. The predicted octanol–water partition coefficient (Wildman–Crippen LogP) is 2.06. The number of nitrogens with one attached hydrogen (secondary N) is 1. The van der Waals surface area contributed by atoms with Crippen molar-refractivity contribution in [2.45, 2.75) is 25.8 Å². The van der Waals surface area contributed by atoms with Gasteiger partial charge in [0.25, 0.3) is 0 Å². The van der Waals surface area contributed by atoms with E-state index in [1.807, 2.05) is 0 Å². The minimum atomic E-state index is -0.509. The van der Waals surface area contributed by atoms with Gasteiger partial charge >= 0.3 is 6.09 Å². The van der Waals surface area contributed by atoms with Crippen molar-refractivity contribution >= 4 is 23.5 Å². The first kappa shape index (κ1) is 15.0. The monoisotopic (exact) mass is 290 g/mol. The molecule has 1 aromatic carbocycles. The summed E-state index contributed by atoms with van der Waals surface area (Å²) >= 11 is 0. The van der Waals surface area contributed by atoms with E-state index < -0.39 is 12.1 Å². The van der Waals surface area contributed by atoms with Gasteiger partial charge in [-0.25, -0.2) is 4.79 Å².